The molecule has 0 radical (unpaired) electrons. The lowest BCUT2D eigenvalue weighted by Crippen LogP contribution is -1.94. The predicted octanol–water partition coefficient (Wildman–Crippen LogP) is 3.63. The zero-order valence-electron chi connectivity index (χ0n) is 14.0. The number of phenols is 1. The fraction of sp³-hybridized carbons (Fsp3) is 0.294. The molecular weight excluding hydrogens is 312 g/mol. The van der Waals surface area contributed by atoms with Crippen LogP contribution in [0.3, 0.4) is 0 Å². The summed E-state index contributed by atoms with van der Waals surface area (Å²) >= 11 is 0. The molecule has 24 heavy (non-hydrogen) atoms. The van der Waals surface area contributed by atoms with Gasteiger partial charge in [-0.3, -0.25) is 0 Å². The highest BCUT2D eigenvalue weighted by atomic mass is 16.5. The van der Waals surface area contributed by atoms with Gasteiger partial charge < -0.3 is 24.4 Å². The average molecular weight is 332 g/mol. The lowest BCUT2D eigenvalue weighted by Gasteiger charge is -2.12. The maximum atomic E-state index is 10.1. The highest BCUT2D eigenvalue weighted by Crippen LogP contribution is 2.41. The first-order valence-electron chi connectivity index (χ1n) is 7.19. The van der Waals surface area contributed by atoms with Crippen molar-refractivity contribution in [3.63, 3.8) is 0 Å². The summed E-state index contributed by atoms with van der Waals surface area (Å²) in [6.45, 7) is 1.57. The fourth-order valence-electron chi connectivity index (χ4n) is 2.27. The number of aryl methyl sites for hydroxylation is 1. The van der Waals surface area contributed by atoms with Crippen molar-refractivity contribution in [2.45, 2.75) is 13.5 Å². The normalized spacial score (nSPS) is 10.9. The Labute approximate surface area is 140 Å². The van der Waals surface area contributed by atoms with Crippen LogP contribution in [0.4, 0.5) is 11.4 Å². The van der Waals surface area contributed by atoms with Gasteiger partial charge in [-0.25, -0.2) is 0 Å². The summed E-state index contributed by atoms with van der Waals surface area (Å²) in [5, 5.41) is 27.5. The number of methoxy groups -OCH3 is 3. The second-order valence-corrected chi connectivity index (χ2v) is 5.03. The average Bonchev–Trinajstić information content (AvgIpc) is 2.60. The lowest BCUT2D eigenvalue weighted by molar-refractivity contribution is 0.275. The summed E-state index contributed by atoms with van der Waals surface area (Å²) in [7, 11) is 4.54. The minimum atomic E-state index is -0.278. The van der Waals surface area contributed by atoms with Crippen LogP contribution >= 0.6 is 0 Å². The van der Waals surface area contributed by atoms with E-state index in [9.17, 15) is 10.2 Å². The Morgan fingerprint density at radius 2 is 1.54 bits per heavy atom. The van der Waals surface area contributed by atoms with Crippen LogP contribution in [0.15, 0.2) is 34.5 Å². The fourth-order valence-corrected chi connectivity index (χ4v) is 2.27. The highest BCUT2D eigenvalue weighted by molar-refractivity contribution is 5.61. The first-order chi connectivity index (χ1) is 11.5. The molecule has 0 saturated carbocycles. The number of aliphatic hydroxyl groups excluding tert-OH is 1. The molecule has 0 bridgehead atoms. The second kappa shape index (κ2) is 7.65. The Kier molecular flexibility index (Phi) is 5.59. The third-order valence-corrected chi connectivity index (χ3v) is 3.41. The van der Waals surface area contributed by atoms with Gasteiger partial charge >= 0.3 is 0 Å². The molecule has 2 aromatic rings. The Hall–Kier alpha value is -2.80. The third-order valence-electron chi connectivity index (χ3n) is 3.41. The van der Waals surface area contributed by atoms with E-state index in [0.717, 1.165) is 5.56 Å². The SMILES string of the molecule is COc1cc(N=Nc2cc(C)cc(CO)c2O)cc(OC)c1OC. The maximum absolute atomic E-state index is 10.1. The van der Waals surface area contributed by atoms with Crippen molar-refractivity contribution in [3.8, 4) is 23.0 Å². The molecule has 7 heteroatoms. The molecule has 0 aliphatic heterocycles. The van der Waals surface area contributed by atoms with Gasteiger partial charge in [0.15, 0.2) is 11.5 Å². The number of azo groups is 1. The van der Waals surface area contributed by atoms with Crippen molar-refractivity contribution in [2.24, 2.45) is 10.2 Å². The molecule has 0 unspecified atom stereocenters. The van der Waals surface area contributed by atoms with Crippen LogP contribution < -0.4 is 14.2 Å². The first-order valence-corrected chi connectivity index (χ1v) is 7.19. The smallest absolute Gasteiger partial charge is 0.203 e. The monoisotopic (exact) mass is 332 g/mol. The van der Waals surface area contributed by atoms with E-state index in [1.165, 1.54) is 21.3 Å². The van der Waals surface area contributed by atoms with Crippen molar-refractivity contribution in [1.82, 2.24) is 0 Å². The van der Waals surface area contributed by atoms with Crippen molar-refractivity contribution in [2.75, 3.05) is 21.3 Å². The molecule has 0 spiro atoms. The van der Waals surface area contributed by atoms with Gasteiger partial charge in [0.05, 0.1) is 33.6 Å². The molecule has 2 rings (SSSR count). The van der Waals surface area contributed by atoms with Crippen LogP contribution in [-0.4, -0.2) is 31.5 Å². The quantitative estimate of drug-likeness (QED) is 0.788. The molecule has 2 aromatic carbocycles. The lowest BCUT2D eigenvalue weighted by atomic mass is 10.1. The molecule has 128 valence electrons. The van der Waals surface area contributed by atoms with E-state index in [2.05, 4.69) is 10.2 Å². The minimum absolute atomic E-state index is 0.0979. The van der Waals surface area contributed by atoms with Crippen molar-refractivity contribution in [3.05, 3.63) is 35.4 Å². The Morgan fingerprint density at radius 1 is 0.917 bits per heavy atom. The highest BCUT2D eigenvalue weighted by Gasteiger charge is 2.13. The summed E-state index contributed by atoms with van der Waals surface area (Å²) in [6, 6.07) is 6.65. The molecule has 0 atom stereocenters. The number of aliphatic hydroxyl groups is 1. The molecule has 0 fully saturated rings. The van der Waals surface area contributed by atoms with Crippen molar-refractivity contribution < 1.29 is 24.4 Å². The first kappa shape index (κ1) is 17.6. The van der Waals surface area contributed by atoms with Gasteiger partial charge in [-0.05, 0) is 24.6 Å². The van der Waals surface area contributed by atoms with Crippen molar-refractivity contribution in [1.29, 1.82) is 0 Å². The zero-order chi connectivity index (χ0) is 17.7. The Bertz CT molecular complexity index is 734. The van der Waals surface area contributed by atoms with Crippen LogP contribution in [0.25, 0.3) is 0 Å². The van der Waals surface area contributed by atoms with Crippen LogP contribution in [0.2, 0.25) is 0 Å². The van der Waals surface area contributed by atoms with E-state index in [1.54, 1.807) is 24.3 Å². The summed E-state index contributed by atoms with van der Waals surface area (Å²) in [6.07, 6.45) is 0. The van der Waals surface area contributed by atoms with Crippen LogP contribution in [0.1, 0.15) is 11.1 Å². The molecule has 0 aliphatic carbocycles. The van der Waals surface area contributed by atoms with Gasteiger partial charge in [0, 0.05) is 17.7 Å². The summed E-state index contributed by atoms with van der Waals surface area (Å²) in [4.78, 5) is 0. The van der Waals surface area contributed by atoms with Gasteiger partial charge in [0.1, 0.15) is 11.4 Å². The summed E-state index contributed by atoms with van der Waals surface area (Å²) in [5.74, 6) is 1.27. The molecular formula is C17H20N2O5. The molecule has 7 nitrogen and oxygen atoms in total. The largest absolute Gasteiger partial charge is 0.505 e. The van der Waals surface area contributed by atoms with Gasteiger partial charge in [-0.2, -0.15) is 5.11 Å². The molecule has 0 amide bonds. The maximum Gasteiger partial charge on any atom is 0.203 e. The molecule has 0 saturated heterocycles. The number of aromatic hydroxyl groups is 1. The summed E-state index contributed by atoms with van der Waals surface area (Å²) in [5.41, 5.74) is 1.99. The minimum Gasteiger partial charge on any atom is -0.505 e. The number of nitrogens with zero attached hydrogens (tertiary/aromatic N) is 2. The number of benzene rings is 2. The standard InChI is InChI=1S/C17H20N2O5/c1-10-5-11(9-20)16(21)13(6-10)19-18-12-7-14(22-2)17(24-4)15(8-12)23-3/h5-8,20-21H,9H2,1-4H3. The molecule has 0 heterocycles. The molecule has 0 aromatic heterocycles. The van der Waals surface area contributed by atoms with Gasteiger partial charge in [0.2, 0.25) is 5.75 Å². The van der Waals surface area contributed by atoms with E-state index in [1.807, 2.05) is 6.92 Å². The number of rotatable bonds is 6. The molecule has 0 aliphatic rings. The number of hydrogen-bond acceptors (Lipinski definition) is 7. The van der Waals surface area contributed by atoms with E-state index in [4.69, 9.17) is 14.2 Å². The van der Waals surface area contributed by atoms with Gasteiger partial charge in [0.25, 0.3) is 0 Å². The summed E-state index contributed by atoms with van der Waals surface area (Å²) < 4.78 is 15.8. The van der Waals surface area contributed by atoms with Crippen LogP contribution in [0, 0.1) is 6.92 Å². The Morgan fingerprint density at radius 3 is 2.04 bits per heavy atom. The Balaban J connectivity index is 2.44. The number of hydrogen-bond donors (Lipinski definition) is 2. The topological polar surface area (TPSA) is 92.9 Å². The van der Waals surface area contributed by atoms with Gasteiger partial charge in [-0.15, -0.1) is 5.11 Å². The zero-order valence-corrected chi connectivity index (χ0v) is 14.0. The number of ether oxygens (including phenoxy) is 3. The predicted molar refractivity (Wildman–Crippen MR) is 89.0 cm³/mol. The van der Waals surface area contributed by atoms with Crippen LogP contribution in [0.5, 0.6) is 23.0 Å². The second-order valence-electron chi connectivity index (χ2n) is 5.03. The van der Waals surface area contributed by atoms with E-state index >= 15 is 0 Å². The third kappa shape index (κ3) is 3.57. The van der Waals surface area contributed by atoms with E-state index < -0.39 is 0 Å². The molecule has 2 N–H and O–H groups in total. The van der Waals surface area contributed by atoms with Gasteiger partial charge in [-0.1, -0.05) is 0 Å². The van der Waals surface area contributed by atoms with E-state index in [-0.39, 0.29) is 18.0 Å². The van der Waals surface area contributed by atoms with E-state index in [0.29, 0.717) is 28.5 Å². The van der Waals surface area contributed by atoms with Crippen LogP contribution in [-0.2, 0) is 6.61 Å². The van der Waals surface area contributed by atoms with Crippen molar-refractivity contribution >= 4 is 11.4 Å².